The van der Waals surface area contributed by atoms with Gasteiger partial charge in [-0.25, -0.2) is 9.78 Å². The number of rotatable bonds is 10. The molecule has 0 atom stereocenters. The molecular formula is C26H29ClN2O5S2. The lowest BCUT2D eigenvalue weighted by molar-refractivity contribution is -0.131. The van der Waals surface area contributed by atoms with Crippen LogP contribution in [0.4, 0.5) is 5.69 Å². The number of ether oxygens (including phenoxy) is 1. The highest BCUT2D eigenvalue weighted by Gasteiger charge is 2.31. The van der Waals surface area contributed by atoms with E-state index in [1.54, 1.807) is 30.5 Å². The van der Waals surface area contributed by atoms with Crippen molar-refractivity contribution in [3.8, 4) is 5.75 Å². The summed E-state index contributed by atoms with van der Waals surface area (Å²) in [6.45, 7) is 9.79. The topological polar surface area (TPSA) is 96.8 Å². The quantitative estimate of drug-likeness (QED) is 0.301. The predicted molar refractivity (Wildman–Crippen MR) is 145 cm³/mol. The highest BCUT2D eigenvalue weighted by atomic mass is 35.5. The Morgan fingerprint density at radius 1 is 1.19 bits per heavy atom. The van der Waals surface area contributed by atoms with E-state index < -0.39 is 16.0 Å². The van der Waals surface area contributed by atoms with Gasteiger partial charge in [-0.05, 0) is 67.2 Å². The first-order valence-electron chi connectivity index (χ1n) is 11.3. The second-order valence-corrected chi connectivity index (χ2v) is 12.2. The largest absolute Gasteiger partial charge is 0.487 e. The van der Waals surface area contributed by atoms with Gasteiger partial charge in [-0.15, -0.1) is 11.3 Å². The van der Waals surface area contributed by atoms with Gasteiger partial charge in [-0.3, -0.25) is 4.31 Å². The first-order valence-corrected chi connectivity index (χ1v) is 14.0. The van der Waals surface area contributed by atoms with Crippen molar-refractivity contribution in [2.75, 3.05) is 10.8 Å². The minimum absolute atomic E-state index is 0.0177. The van der Waals surface area contributed by atoms with Gasteiger partial charge in [-0.2, -0.15) is 8.42 Å². The SMILES string of the molecule is Cc1csc(S(=O)(=O)N(CC(C)C)c2cc(Cl)c(C)cc2OCc2ccc(/C=C/C(=O)O)cc2C)n1. The zero-order valence-electron chi connectivity index (χ0n) is 20.8. The Morgan fingerprint density at radius 2 is 1.92 bits per heavy atom. The molecule has 1 heterocycles. The minimum Gasteiger partial charge on any atom is -0.487 e. The number of halogens is 1. The number of sulfonamides is 1. The Hall–Kier alpha value is -2.88. The molecule has 0 saturated heterocycles. The molecule has 3 aromatic rings. The maximum atomic E-state index is 13.6. The molecule has 10 heteroatoms. The van der Waals surface area contributed by atoms with Gasteiger partial charge in [0.1, 0.15) is 12.4 Å². The summed E-state index contributed by atoms with van der Waals surface area (Å²) in [6.07, 6.45) is 2.61. The van der Waals surface area contributed by atoms with E-state index >= 15 is 0 Å². The van der Waals surface area contributed by atoms with Crippen LogP contribution in [-0.2, 0) is 21.4 Å². The highest BCUT2D eigenvalue weighted by molar-refractivity contribution is 7.94. The smallest absolute Gasteiger partial charge is 0.328 e. The molecule has 2 aromatic carbocycles. The molecule has 1 N–H and O–H groups in total. The number of anilines is 1. The molecule has 0 radical (unpaired) electrons. The molecule has 36 heavy (non-hydrogen) atoms. The van der Waals surface area contributed by atoms with E-state index in [-0.39, 0.29) is 23.4 Å². The lowest BCUT2D eigenvalue weighted by Gasteiger charge is -2.27. The van der Waals surface area contributed by atoms with Crippen LogP contribution in [-0.4, -0.2) is 31.0 Å². The van der Waals surface area contributed by atoms with Crippen molar-refractivity contribution in [3.63, 3.8) is 0 Å². The molecule has 192 valence electrons. The van der Waals surface area contributed by atoms with Crippen LogP contribution < -0.4 is 9.04 Å². The fourth-order valence-electron chi connectivity index (χ4n) is 3.47. The summed E-state index contributed by atoms with van der Waals surface area (Å²) < 4.78 is 34.8. The summed E-state index contributed by atoms with van der Waals surface area (Å²) in [4.78, 5) is 15.0. The lowest BCUT2D eigenvalue weighted by atomic mass is 10.1. The van der Waals surface area contributed by atoms with E-state index in [1.807, 2.05) is 39.8 Å². The Bertz CT molecular complexity index is 1400. The molecule has 0 saturated carbocycles. The van der Waals surface area contributed by atoms with Gasteiger partial charge in [0.05, 0.1) is 5.69 Å². The summed E-state index contributed by atoms with van der Waals surface area (Å²) >= 11 is 7.52. The van der Waals surface area contributed by atoms with Gasteiger partial charge in [0, 0.05) is 28.7 Å². The highest BCUT2D eigenvalue weighted by Crippen LogP contribution is 2.38. The average molecular weight is 549 g/mol. The van der Waals surface area contributed by atoms with Crippen molar-refractivity contribution in [1.82, 2.24) is 4.98 Å². The van der Waals surface area contributed by atoms with Gasteiger partial charge in [0.25, 0.3) is 10.0 Å². The fourth-order valence-corrected chi connectivity index (χ4v) is 6.39. The van der Waals surface area contributed by atoms with Crippen molar-refractivity contribution in [3.05, 3.63) is 74.8 Å². The number of thiazole rings is 1. The first-order chi connectivity index (χ1) is 16.9. The number of hydrogen-bond donors (Lipinski definition) is 1. The summed E-state index contributed by atoms with van der Waals surface area (Å²) in [7, 11) is -3.94. The number of aliphatic carboxylic acids is 1. The number of benzene rings is 2. The maximum absolute atomic E-state index is 13.6. The number of carboxylic acid groups (broad SMARTS) is 1. The van der Waals surface area contributed by atoms with E-state index in [1.165, 1.54) is 10.4 Å². The van der Waals surface area contributed by atoms with Crippen LogP contribution in [0.15, 0.2) is 46.1 Å². The third-order valence-corrected chi connectivity index (χ3v) is 8.86. The first kappa shape index (κ1) is 27.7. The second-order valence-electron chi connectivity index (χ2n) is 8.90. The van der Waals surface area contributed by atoms with Crippen molar-refractivity contribution in [2.45, 2.75) is 45.6 Å². The Balaban J connectivity index is 1.99. The zero-order chi connectivity index (χ0) is 26.6. The van der Waals surface area contributed by atoms with Gasteiger partial charge in [0.2, 0.25) is 4.34 Å². The summed E-state index contributed by atoms with van der Waals surface area (Å²) in [5.74, 6) is -0.592. The molecule has 7 nitrogen and oxygen atoms in total. The molecule has 0 unspecified atom stereocenters. The number of nitrogens with zero attached hydrogens (tertiary/aromatic N) is 2. The van der Waals surface area contributed by atoms with Gasteiger partial charge in [-0.1, -0.05) is 43.6 Å². The summed E-state index contributed by atoms with van der Waals surface area (Å²) in [5.41, 5.74) is 4.31. The molecular weight excluding hydrogens is 520 g/mol. The Kier molecular flexibility index (Phi) is 8.81. The third kappa shape index (κ3) is 6.66. The summed E-state index contributed by atoms with van der Waals surface area (Å²) in [6, 6.07) is 8.90. The molecule has 0 spiro atoms. The maximum Gasteiger partial charge on any atom is 0.328 e. The number of hydrogen-bond acceptors (Lipinski definition) is 6. The van der Waals surface area contributed by atoms with Crippen LogP contribution in [0.25, 0.3) is 6.08 Å². The molecule has 1 aromatic heterocycles. The van der Waals surface area contributed by atoms with Crippen LogP contribution in [0.5, 0.6) is 5.75 Å². The fraction of sp³-hybridized carbons (Fsp3) is 0.308. The minimum atomic E-state index is -3.94. The summed E-state index contributed by atoms with van der Waals surface area (Å²) in [5, 5.41) is 11.0. The molecule has 0 bridgehead atoms. The van der Waals surface area contributed by atoms with Crippen LogP contribution in [0, 0.1) is 26.7 Å². The Morgan fingerprint density at radius 3 is 2.50 bits per heavy atom. The third-order valence-electron chi connectivity index (χ3n) is 5.32. The van der Waals surface area contributed by atoms with E-state index in [4.69, 9.17) is 21.4 Å². The molecule has 0 aliphatic heterocycles. The van der Waals surface area contributed by atoms with Crippen LogP contribution in [0.1, 0.15) is 41.8 Å². The van der Waals surface area contributed by atoms with E-state index in [0.29, 0.717) is 22.2 Å². The van der Waals surface area contributed by atoms with Crippen LogP contribution in [0.2, 0.25) is 5.02 Å². The van der Waals surface area contributed by atoms with E-state index in [2.05, 4.69) is 4.98 Å². The van der Waals surface area contributed by atoms with Crippen molar-refractivity contribution >= 4 is 50.7 Å². The second kappa shape index (κ2) is 11.5. The average Bonchev–Trinajstić information content (AvgIpc) is 3.24. The van der Waals surface area contributed by atoms with Gasteiger partial charge < -0.3 is 9.84 Å². The van der Waals surface area contributed by atoms with Crippen molar-refractivity contribution in [1.29, 1.82) is 0 Å². The van der Waals surface area contributed by atoms with E-state index in [9.17, 15) is 13.2 Å². The Labute approximate surface area is 221 Å². The molecule has 0 aliphatic carbocycles. The number of aryl methyl sites for hydroxylation is 3. The molecule has 3 rings (SSSR count). The van der Waals surface area contributed by atoms with Gasteiger partial charge in [0.15, 0.2) is 0 Å². The van der Waals surface area contributed by atoms with Gasteiger partial charge >= 0.3 is 5.97 Å². The monoisotopic (exact) mass is 548 g/mol. The molecule has 0 aliphatic rings. The predicted octanol–water partition coefficient (Wildman–Crippen LogP) is 6.25. The molecule has 0 fully saturated rings. The zero-order valence-corrected chi connectivity index (χ0v) is 23.2. The molecule has 0 amide bonds. The standard InChI is InChI=1S/C26H29ClN2O5S2/c1-16(2)13-29(36(32,33)26-28-19(5)15-35-26)23-12-22(27)18(4)11-24(23)34-14-21-8-6-20(10-17(21)3)7-9-25(30)31/h6-12,15-16H,13-14H2,1-5H3,(H,30,31)/b9-7+. The normalized spacial score (nSPS) is 11.9. The number of carbonyl (C=O) groups is 1. The van der Waals surface area contributed by atoms with Crippen LogP contribution >= 0.6 is 22.9 Å². The van der Waals surface area contributed by atoms with Crippen molar-refractivity contribution in [2.24, 2.45) is 5.92 Å². The lowest BCUT2D eigenvalue weighted by Crippen LogP contribution is -2.34. The van der Waals surface area contributed by atoms with Crippen LogP contribution in [0.3, 0.4) is 0 Å². The van der Waals surface area contributed by atoms with Crippen molar-refractivity contribution < 1.29 is 23.1 Å². The number of aromatic nitrogens is 1. The van der Waals surface area contributed by atoms with E-state index in [0.717, 1.165) is 39.7 Å². The number of carboxylic acids is 1.